The Hall–Kier alpha value is -1.46. The van der Waals surface area contributed by atoms with Crippen molar-refractivity contribution in [2.45, 2.75) is 51.1 Å². The number of piperidine rings is 1. The first-order valence-corrected chi connectivity index (χ1v) is 7.84. The predicted molar refractivity (Wildman–Crippen MR) is 88.7 cm³/mol. The molecule has 5 heteroatoms. The Morgan fingerprint density at radius 1 is 1.29 bits per heavy atom. The number of benzene rings is 1. The first-order chi connectivity index (χ1) is 10.0. The van der Waals surface area contributed by atoms with Gasteiger partial charge in [0.15, 0.2) is 0 Å². The van der Waals surface area contributed by atoms with E-state index in [2.05, 4.69) is 19.3 Å². The number of nitrogens with two attached hydrogens (primary N) is 1. The first-order valence-electron chi connectivity index (χ1n) is 7.43. The van der Waals surface area contributed by atoms with E-state index in [9.17, 15) is 4.79 Å². The standard InChI is InChI=1S/C16H23N3OS/c1-11-7-6-8-12(2)19(11)18-16(20)14(15(17)21)13-9-4-3-5-10-13/h3-5,9-12,14H,6-8H2,1-2H3,(H2,17,21)(H,18,20). The van der Waals surface area contributed by atoms with Crippen molar-refractivity contribution in [3.8, 4) is 0 Å². The normalized spacial score (nSPS) is 24.3. The summed E-state index contributed by atoms with van der Waals surface area (Å²) in [5.41, 5.74) is 9.65. The Bertz CT molecular complexity index is 496. The highest BCUT2D eigenvalue weighted by Crippen LogP contribution is 2.22. The Morgan fingerprint density at radius 3 is 2.38 bits per heavy atom. The molecule has 0 spiro atoms. The first kappa shape index (κ1) is 15.9. The number of hydrogen-bond donors (Lipinski definition) is 2. The summed E-state index contributed by atoms with van der Waals surface area (Å²) in [4.78, 5) is 12.8. The molecular weight excluding hydrogens is 282 g/mol. The molecule has 3 N–H and O–H groups in total. The molecule has 0 aromatic heterocycles. The maximum absolute atomic E-state index is 12.6. The molecule has 1 heterocycles. The number of nitrogens with one attached hydrogen (secondary N) is 1. The number of amides is 1. The van der Waals surface area contributed by atoms with Gasteiger partial charge in [-0.05, 0) is 32.3 Å². The lowest BCUT2D eigenvalue weighted by atomic mass is 9.97. The van der Waals surface area contributed by atoms with Gasteiger partial charge in [0.2, 0.25) is 5.91 Å². The fourth-order valence-corrected chi connectivity index (χ4v) is 3.17. The van der Waals surface area contributed by atoms with Crippen molar-refractivity contribution in [3.63, 3.8) is 0 Å². The zero-order chi connectivity index (χ0) is 15.4. The van der Waals surface area contributed by atoms with Crippen LogP contribution in [-0.4, -0.2) is 28.0 Å². The molecule has 1 aliphatic rings. The summed E-state index contributed by atoms with van der Waals surface area (Å²) in [5, 5.41) is 2.04. The Kier molecular flexibility index (Phi) is 5.31. The van der Waals surface area contributed by atoms with E-state index >= 15 is 0 Å². The van der Waals surface area contributed by atoms with Crippen molar-refractivity contribution in [1.82, 2.24) is 10.4 Å². The molecule has 1 fully saturated rings. The third-order valence-corrected chi connectivity index (χ3v) is 4.35. The second kappa shape index (κ2) is 7.00. The van der Waals surface area contributed by atoms with Gasteiger partial charge in [-0.15, -0.1) is 0 Å². The maximum atomic E-state index is 12.6. The second-order valence-corrected chi connectivity index (χ2v) is 6.23. The van der Waals surface area contributed by atoms with Crippen LogP contribution in [0.15, 0.2) is 30.3 Å². The van der Waals surface area contributed by atoms with Gasteiger partial charge in [0, 0.05) is 12.1 Å². The Balaban J connectivity index is 2.14. The highest BCUT2D eigenvalue weighted by molar-refractivity contribution is 7.80. The monoisotopic (exact) mass is 305 g/mol. The van der Waals surface area contributed by atoms with Crippen LogP contribution in [0.25, 0.3) is 0 Å². The van der Waals surface area contributed by atoms with Crippen LogP contribution >= 0.6 is 12.2 Å². The summed E-state index contributed by atoms with van der Waals surface area (Å²) in [6.07, 6.45) is 3.38. The molecular formula is C16H23N3OS. The fourth-order valence-electron chi connectivity index (χ4n) is 2.92. The smallest absolute Gasteiger partial charge is 0.248 e. The molecule has 1 aromatic carbocycles. The Morgan fingerprint density at radius 2 is 1.86 bits per heavy atom. The van der Waals surface area contributed by atoms with Gasteiger partial charge in [-0.3, -0.25) is 10.2 Å². The summed E-state index contributed by atoms with van der Waals surface area (Å²) < 4.78 is 0. The lowest BCUT2D eigenvalue weighted by Crippen LogP contribution is -2.55. The second-order valence-electron chi connectivity index (χ2n) is 5.76. The summed E-state index contributed by atoms with van der Waals surface area (Å²) in [5.74, 6) is -0.725. The highest BCUT2D eigenvalue weighted by atomic mass is 32.1. The molecule has 0 saturated carbocycles. The van der Waals surface area contributed by atoms with Gasteiger partial charge >= 0.3 is 0 Å². The van der Waals surface area contributed by atoms with Crippen LogP contribution in [0.4, 0.5) is 0 Å². The predicted octanol–water partition coefficient (Wildman–Crippen LogP) is 2.35. The van der Waals surface area contributed by atoms with E-state index < -0.39 is 5.92 Å². The molecule has 114 valence electrons. The fraction of sp³-hybridized carbons (Fsp3) is 0.500. The lowest BCUT2D eigenvalue weighted by Gasteiger charge is -2.39. The number of hydrogen-bond acceptors (Lipinski definition) is 3. The minimum atomic E-state index is -0.581. The quantitative estimate of drug-likeness (QED) is 0.838. The van der Waals surface area contributed by atoms with E-state index in [4.69, 9.17) is 18.0 Å². The van der Waals surface area contributed by atoms with Crippen LogP contribution in [0, 0.1) is 0 Å². The molecule has 21 heavy (non-hydrogen) atoms. The molecule has 1 aliphatic heterocycles. The molecule has 4 nitrogen and oxygen atoms in total. The van der Waals surface area contributed by atoms with Crippen molar-refractivity contribution < 1.29 is 4.79 Å². The summed E-state index contributed by atoms with van der Waals surface area (Å²) in [6.45, 7) is 4.27. The zero-order valence-electron chi connectivity index (χ0n) is 12.6. The van der Waals surface area contributed by atoms with Crippen LogP contribution in [-0.2, 0) is 4.79 Å². The average Bonchev–Trinajstić information content (AvgIpc) is 2.44. The summed E-state index contributed by atoms with van der Waals surface area (Å²) >= 11 is 5.10. The van der Waals surface area contributed by atoms with E-state index in [1.807, 2.05) is 35.3 Å². The average molecular weight is 305 g/mol. The SMILES string of the molecule is CC1CCCC(C)N1NC(=O)C(C(N)=S)c1ccccc1. The molecule has 3 atom stereocenters. The van der Waals surface area contributed by atoms with Gasteiger partial charge in [-0.2, -0.15) is 0 Å². The molecule has 0 aliphatic carbocycles. The zero-order valence-corrected chi connectivity index (χ0v) is 13.4. The van der Waals surface area contributed by atoms with Gasteiger partial charge < -0.3 is 5.73 Å². The van der Waals surface area contributed by atoms with Crippen LogP contribution in [0.2, 0.25) is 0 Å². The minimum Gasteiger partial charge on any atom is -0.392 e. The molecule has 0 bridgehead atoms. The highest BCUT2D eigenvalue weighted by Gasteiger charge is 2.30. The van der Waals surface area contributed by atoms with Gasteiger partial charge in [0.1, 0.15) is 5.92 Å². The van der Waals surface area contributed by atoms with E-state index in [0.29, 0.717) is 12.1 Å². The van der Waals surface area contributed by atoms with E-state index in [0.717, 1.165) is 18.4 Å². The summed E-state index contributed by atoms with van der Waals surface area (Å²) in [6, 6.07) is 10.1. The molecule has 3 unspecified atom stereocenters. The third kappa shape index (κ3) is 3.80. The van der Waals surface area contributed by atoms with Crippen LogP contribution in [0.5, 0.6) is 0 Å². The van der Waals surface area contributed by atoms with Crippen molar-refractivity contribution in [1.29, 1.82) is 0 Å². The minimum absolute atomic E-state index is 0.144. The van der Waals surface area contributed by atoms with Gasteiger partial charge in [0.25, 0.3) is 0 Å². The van der Waals surface area contributed by atoms with Crippen molar-refractivity contribution >= 4 is 23.1 Å². The van der Waals surface area contributed by atoms with Gasteiger partial charge in [-0.25, -0.2) is 5.01 Å². The largest absolute Gasteiger partial charge is 0.392 e. The van der Waals surface area contributed by atoms with E-state index in [-0.39, 0.29) is 10.9 Å². The number of nitrogens with zero attached hydrogens (tertiary/aromatic N) is 1. The molecule has 2 rings (SSSR count). The topological polar surface area (TPSA) is 58.4 Å². The number of carbonyl (C=O) groups excluding carboxylic acids is 1. The van der Waals surface area contributed by atoms with Gasteiger partial charge in [-0.1, -0.05) is 49.0 Å². The number of thiocarbonyl (C=S) groups is 1. The van der Waals surface area contributed by atoms with Crippen LogP contribution in [0.3, 0.4) is 0 Å². The number of rotatable bonds is 4. The van der Waals surface area contributed by atoms with Crippen molar-refractivity contribution in [3.05, 3.63) is 35.9 Å². The molecule has 1 amide bonds. The lowest BCUT2D eigenvalue weighted by molar-refractivity contribution is -0.129. The third-order valence-electron chi connectivity index (χ3n) is 4.11. The van der Waals surface area contributed by atoms with Crippen molar-refractivity contribution in [2.75, 3.05) is 0 Å². The molecule has 1 aromatic rings. The molecule has 1 saturated heterocycles. The molecule has 0 radical (unpaired) electrons. The van der Waals surface area contributed by atoms with E-state index in [1.54, 1.807) is 0 Å². The van der Waals surface area contributed by atoms with Crippen LogP contribution in [0.1, 0.15) is 44.6 Å². The van der Waals surface area contributed by atoms with Crippen molar-refractivity contribution in [2.24, 2.45) is 5.73 Å². The summed E-state index contributed by atoms with van der Waals surface area (Å²) in [7, 11) is 0. The van der Waals surface area contributed by atoms with Crippen LogP contribution < -0.4 is 11.2 Å². The van der Waals surface area contributed by atoms with Gasteiger partial charge in [0.05, 0.1) is 4.99 Å². The maximum Gasteiger partial charge on any atom is 0.248 e. The van der Waals surface area contributed by atoms with E-state index in [1.165, 1.54) is 6.42 Å². The Labute approximate surface area is 131 Å². The number of hydrazine groups is 1. The number of carbonyl (C=O) groups is 1.